The second-order valence-corrected chi connectivity index (χ2v) is 8.60. The minimum absolute atomic E-state index is 0.145. The van der Waals surface area contributed by atoms with Crippen molar-refractivity contribution in [2.75, 3.05) is 0 Å². The number of carbonyl (C=O) groups is 1. The molecule has 8 heteroatoms. The van der Waals surface area contributed by atoms with Gasteiger partial charge >= 0.3 is 5.97 Å². The highest BCUT2D eigenvalue weighted by molar-refractivity contribution is 9.11. The minimum atomic E-state index is -3.78. The summed E-state index contributed by atoms with van der Waals surface area (Å²) in [4.78, 5) is 11.9. The average molecular weight is 354 g/mol. The van der Waals surface area contributed by atoms with Crippen molar-refractivity contribution in [2.45, 2.75) is 36.6 Å². The summed E-state index contributed by atoms with van der Waals surface area (Å²) in [6, 6.07) is 1.50. The first kappa shape index (κ1) is 14.0. The molecule has 100 valence electrons. The Hall–Kier alpha value is -0.440. The highest BCUT2D eigenvalue weighted by atomic mass is 79.9. The van der Waals surface area contributed by atoms with Crippen LogP contribution in [0.2, 0.25) is 0 Å². The van der Waals surface area contributed by atoms with Crippen molar-refractivity contribution in [3.05, 3.63) is 14.7 Å². The summed E-state index contributed by atoms with van der Waals surface area (Å²) in [5.74, 6) is -1.11. The largest absolute Gasteiger partial charge is 0.480 e. The summed E-state index contributed by atoms with van der Waals surface area (Å²) < 4.78 is 27.4. The van der Waals surface area contributed by atoms with Crippen molar-refractivity contribution in [3.8, 4) is 0 Å². The predicted octanol–water partition coefficient (Wildman–Crippen LogP) is 2.10. The number of thiophene rings is 1. The van der Waals surface area contributed by atoms with E-state index < -0.39 is 21.5 Å². The molecule has 0 radical (unpaired) electrons. The van der Waals surface area contributed by atoms with E-state index in [-0.39, 0.29) is 4.90 Å². The molecule has 0 unspecified atom stereocenters. The fourth-order valence-corrected chi connectivity index (χ4v) is 5.73. The van der Waals surface area contributed by atoms with Gasteiger partial charge in [-0.1, -0.05) is 0 Å². The second-order valence-electron chi connectivity index (χ2n) is 4.32. The minimum Gasteiger partial charge on any atom is -0.480 e. The van der Waals surface area contributed by atoms with Gasteiger partial charge in [-0.2, -0.15) is 4.72 Å². The zero-order valence-corrected chi connectivity index (χ0v) is 12.8. The molecule has 1 aromatic rings. The number of rotatable bonds is 4. The van der Waals surface area contributed by atoms with Crippen LogP contribution in [-0.4, -0.2) is 25.0 Å². The van der Waals surface area contributed by atoms with Crippen LogP contribution in [0.1, 0.15) is 24.1 Å². The van der Waals surface area contributed by atoms with Crippen LogP contribution in [0, 0.1) is 6.92 Å². The summed E-state index contributed by atoms with van der Waals surface area (Å²) >= 11 is 4.53. The molecule has 1 heterocycles. The van der Waals surface area contributed by atoms with Gasteiger partial charge in [0.1, 0.15) is 5.54 Å². The number of halogens is 1. The molecule has 5 nitrogen and oxygen atoms in total. The van der Waals surface area contributed by atoms with Gasteiger partial charge in [-0.15, -0.1) is 11.3 Å². The predicted molar refractivity (Wildman–Crippen MR) is 71.3 cm³/mol. The second kappa shape index (κ2) is 4.59. The van der Waals surface area contributed by atoms with Gasteiger partial charge < -0.3 is 5.11 Å². The highest BCUT2D eigenvalue weighted by Gasteiger charge is 2.47. The number of carboxylic acids is 1. The smallest absolute Gasteiger partial charge is 0.324 e. The van der Waals surface area contributed by atoms with Crippen LogP contribution in [0.3, 0.4) is 0 Å². The Morgan fingerprint density at radius 3 is 2.50 bits per heavy atom. The Kier molecular flexibility index (Phi) is 3.56. The van der Waals surface area contributed by atoms with Crippen LogP contribution in [0.25, 0.3) is 0 Å². The Labute approximate surface area is 117 Å². The van der Waals surface area contributed by atoms with Gasteiger partial charge in [0.2, 0.25) is 10.0 Å². The summed E-state index contributed by atoms with van der Waals surface area (Å²) in [5, 5.41) is 9.13. The van der Waals surface area contributed by atoms with Gasteiger partial charge in [0.05, 0.1) is 8.68 Å². The molecule has 0 spiro atoms. The highest BCUT2D eigenvalue weighted by Crippen LogP contribution is 2.35. The monoisotopic (exact) mass is 353 g/mol. The van der Waals surface area contributed by atoms with Gasteiger partial charge in [0.15, 0.2) is 0 Å². The number of hydrogen-bond donors (Lipinski definition) is 2. The molecule has 1 aliphatic rings. The van der Waals surface area contributed by atoms with Gasteiger partial charge in [0, 0.05) is 4.88 Å². The lowest BCUT2D eigenvalue weighted by Gasteiger charge is -2.37. The van der Waals surface area contributed by atoms with E-state index in [1.54, 1.807) is 6.92 Å². The quantitative estimate of drug-likeness (QED) is 0.868. The van der Waals surface area contributed by atoms with E-state index in [2.05, 4.69) is 20.7 Å². The van der Waals surface area contributed by atoms with Crippen LogP contribution < -0.4 is 4.72 Å². The molecule has 0 bridgehead atoms. The first-order valence-electron chi connectivity index (χ1n) is 5.30. The van der Waals surface area contributed by atoms with Crippen molar-refractivity contribution in [1.82, 2.24) is 4.72 Å². The van der Waals surface area contributed by atoms with Crippen molar-refractivity contribution in [1.29, 1.82) is 0 Å². The molecule has 1 aromatic heterocycles. The molecule has 2 rings (SSSR count). The van der Waals surface area contributed by atoms with Crippen LogP contribution in [0.4, 0.5) is 0 Å². The third-order valence-electron chi connectivity index (χ3n) is 3.08. The van der Waals surface area contributed by atoms with E-state index >= 15 is 0 Å². The zero-order chi connectivity index (χ0) is 13.6. The zero-order valence-electron chi connectivity index (χ0n) is 9.57. The van der Waals surface area contributed by atoms with Crippen LogP contribution >= 0.6 is 27.3 Å². The number of hydrogen-bond acceptors (Lipinski definition) is 4. The standard InChI is InChI=1S/C10H12BrNO4S2/c1-6-7(5-8(11)17-6)18(15,16)12-10(9(13)14)3-2-4-10/h5,12H,2-4H2,1H3,(H,13,14). The molecule has 2 N–H and O–H groups in total. The molecule has 18 heavy (non-hydrogen) atoms. The normalized spacial score (nSPS) is 18.3. The van der Waals surface area contributed by atoms with Gasteiger partial charge in [-0.25, -0.2) is 8.42 Å². The fraction of sp³-hybridized carbons (Fsp3) is 0.500. The molecule has 0 aromatic carbocycles. The third-order valence-corrected chi connectivity index (χ3v) is 6.42. The Morgan fingerprint density at radius 2 is 2.17 bits per heavy atom. The lowest BCUT2D eigenvalue weighted by molar-refractivity contribution is -0.147. The lowest BCUT2D eigenvalue weighted by Crippen LogP contribution is -2.58. The van der Waals surface area contributed by atoms with E-state index in [0.29, 0.717) is 21.5 Å². The van der Waals surface area contributed by atoms with Crippen molar-refractivity contribution < 1.29 is 18.3 Å². The van der Waals surface area contributed by atoms with E-state index in [9.17, 15) is 13.2 Å². The Morgan fingerprint density at radius 1 is 1.56 bits per heavy atom. The van der Waals surface area contributed by atoms with E-state index in [0.717, 1.165) is 6.42 Å². The average Bonchev–Trinajstić information content (AvgIpc) is 2.52. The Balaban J connectivity index is 2.33. The van der Waals surface area contributed by atoms with E-state index in [4.69, 9.17) is 5.11 Å². The summed E-state index contributed by atoms with van der Waals surface area (Å²) in [5.41, 5.74) is -1.32. The molecule has 0 atom stereocenters. The molecule has 1 fully saturated rings. The topological polar surface area (TPSA) is 83.5 Å². The molecular formula is C10H12BrNO4S2. The van der Waals surface area contributed by atoms with Crippen molar-refractivity contribution in [3.63, 3.8) is 0 Å². The van der Waals surface area contributed by atoms with Crippen molar-refractivity contribution >= 4 is 43.3 Å². The molecule has 1 aliphatic carbocycles. The molecule has 0 saturated heterocycles. The summed E-state index contributed by atoms with van der Waals surface area (Å²) in [7, 11) is -3.78. The lowest BCUT2D eigenvalue weighted by atomic mass is 9.78. The van der Waals surface area contributed by atoms with Gasteiger partial charge in [-0.3, -0.25) is 4.79 Å². The number of carboxylic acid groups (broad SMARTS) is 1. The maximum absolute atomic E-state index is 12.2. The first-order valence-corrected chi connectivity index (χ1v) is 8.39. The number of nitrogens with one attached hydrogen (secondary N) is 1. The van der Waals surface area contributed by atoms with E-state index in [1.165, 1.54) is 17.4 Å². The number of aliphatic carboxylic acids is 1. The summed E-state index contributed by atoms with van der Waals surface area (Å²) in [6.45, 7) is 1.69. The van der Waals surface area contributed by atoms with Crippen molar-refractivity contribution in [2.24, 2.45) is 0 Å². The molecular weight excluding hydrogens is 342 g/mol. The summed E-state index contributed by atoms with van der Waals surface area (Å²) in [6.07, 6.45) is 1.40. The maximum Gasteiger partial charge on any atom is 0.324 e. The Bertz CT molecular complexity index is 589. The maximum atomic E-state index is 12.2. The molecule has 0 amide bonds. The third kappa shape index (κ3) is 2.34. The van der Waals surface area contributed by atoms with Gasteiger partial charge in [-0.05, 0) is 48.2 Å². The van der Waals surface area contributed by atoms with Crippen LogP contribution in [0.15, 0.2) is 14.7 Å². The first-order chi connectivity index (χ1) is 8.27. The SMILES string of the molecule is Cc1sc(Br)cc1S(=O)(=O)NC1(C(=O)O)CCC1. The van der Waals surface area contributed by atoms with Crippen LogP contribution in [-0.2, 0) is 14.8 Å². The van der Waals surface area contributed by atoms with Gasteiger partial charge in [0.25, 0.3) is 0 Å². The van der Waals surface area contributed by atoms with E-state index in [1.807, 2.05) is 0 Å². The fourth-order valence-electron chi connectivity index (χ4n) is 1.90. The van der Waals surface area contributed by atoms with Crippen LogP contribution in [0.5, 0.6) is 0 Å². The number of sulfonamides is 1. The number of aryl methyl sites for hydroxylation is 1. The molecule has 0 aliphatic heterocycles. The molecule has 1 saturated carbocycles.